The number of hydrogen-bond acceptors (Lipinski definition) is 6. The lowest BCUT2D eigenvalue weighted by atomic mass is 10.0. The van der Waals surface area contributed by atoms with Gasteiger partial charge in [0.2, 0.25) is 15.9 Å². The normalized spacial score (nSPS) is 19.3. The van der Waals surface area contributed by atoms with E-state index in [1.807, 2.05) is 0 Å². The molecule has 148 valence electrons. The van der Waals surface area contributed by atoms with Gasteiger partial charge in [-0.05, 0) is 19.1 Å². The third kappa shape index (κ3) is 4.48. The summed E-state index contributed by atoms with van der Waals surface area (Å²) >= 11 is 0. The van der Waals surface area contributed by atoms with E-state index >= 15 is 0 Å². The number of benzene rings is 1. The van der Waals surface area contributed by atoms with E-state index in [9.17, 15) is 18.0 Å². The highest BCUT2D eigenvalue weighted by atomic mass is 32.2. The Hall–Kier alpha value is -1.97. The summed E-state index contributed by atoms with van der Waals surface area (Å²) in [5, 5.41) is 0. The molecule has 0 unspecified atom stereocenters. The van der Waals surface area contributed by atoms with Gasteiger partial charge in [-0.25, -0.2) is 8.42 Å². The number of piperidine rings is 1. The van der Waals surface area contributed by atoms with Gasteiger partial charge >= 0.3 is 0 Å². The fourth-order valence-corrected chi connectivity index (χ4v) is 4.23. The number of ketones is 1. The van der Waals surface area contributed by atoms with Crippen molar-refractivity contribution in [3.63, 3.8) is 0 Å². The smallest absolute Gasteiger partial charge is 0.243 e. The molecule has 0 bridgehead atoms. The number of carbonyl (C=O) groups excluding carboxylic acids is 2. The van der Waals surface area contributed by atoms with Crippen LogP contribution in [-0.4, -0.2) is 69.9 Å². The van der Waals surface area contributed by atoms with E-state index < -0.39 is 15.8 Å². The molecular weight excluding hydrogens is 372 g/mol. The van der Waals surface area contributed by atoms with Crippen molar-refractivity contribution >= 4 is 27.4 Å². The zero-order valence-corrected chi connectivity index (χ0v) is 16.3. The first kappa shape index (κ1) is 19.8. The Kier molecular flexibility index (Phi) is 5.55. The monoisotopic (exact) mass is 396 g/mol. The van der Waals surface area contributed by atoms with Gasteiger partial charge in [0.05, 0.1) is 25.2 Å². The molecule has 0 saturated carbocycles. The molecule has 1 amide bonds. The zero-order chi connectivity index (χ0) is 19.7. The fourth-order valence-electron chi connectivity index (χ4n) is 3.39. The Morgan fingerprint density at radius 1 is 1.19 bits per heavy atom. The summed E-state index contributed by atoms with van der Waals surface area (Å²) in [4.78, 5) is 25.9. The summed E-state index contributed by atoms with van der Waals surface area (Å²) in [6, 6.07) is 6.28. The molecule has 0 atom stereocenters. The first-order chi connectivity index (χ1) is 12.7. The van der Waals surface area contributed by atoms with Gasteiger partial charge in [-0.15, -0.1) is 0 Å². The molecule has 0 radical (unpaired) electrons. The van der Waals surface area contributed by atoms with Crippen LogP contribution in [0.5, 0.6) is 0 Å². The highest BCUT2D eigenvalue weighted by molar-refractivity contribution is 7.92. The number of rotatable bonds is 5. The fraction of sp³-hybridized carbons (Fsp3) is 0.556. The second-order valence-electron chi connectivity index (χ2n) is 6.86. The molecule has 1 aromatic carbocycles. The average Bonchev–Trinajstić information content (AvgIpc) is 3.07. The molecule has 27 heavy (non-hydrogen) atoms. The Morgan fingerprint density at radius 3 is 2.37 bits per heavy atom. The van der Waals surface area contributed by atoms with Crippen LogP contribution in [0.4, 0.5) is 5.69 Å². The van der Waals surface area contributed by atoms with Gasteiger partial charge in [0.1, 0.15) is 6.54 Å². The lowest BCUT2D eigenvalue weighted by Crippen LogP contribution is -2.50. The molecule has 0 aromatic heterocycles. The minimum absolute atomic E-state index is 0.172. The topological polar surface area (TPSA) is 93.2 Å². The van der Waals surface area contributed by atoms with Crippen LogP contribution < -0.4 is 4.31 Å². The molecule has 3 rings (SSSR count). The molecule has 8 nitrogen and oxygen atoms in total. The Bertz CT molecular complexity index is 822. The zero-order valence-electron chi connectivity index (χ0n) is 15.5. The maximum absolute atomic E-state index is 12.7. The molecule has 9 heteroatoms. The first-order valence-electron chi connectivity index (χ1n) is 8.85. The standard InChI is InChI=1S/C18H24N2O6S/c1-14(21)15-4-3-5-16(12-15)20(27(2,23)24)13-17(22)19-8-6-18(7-9-19)25-10-11-26-18/h3-5,12H,6-11,13H2,1-2H3. The van der Waals surface area contributed by atoms with Crippen molar-refractivity contribution in [3.05, 3.63) is 29.8 Å². The molecule has 2 heterocycles. The van der Waals surface area contributed by atoms with Gasteiger partial charge in [0.15, 0.2) is 11.6 Å². The Morgan fingerprint density at radius 2 is 1.81 bits per heavy atom. The number of likely N-dealkylation sites (tertiary alicyclic amines) is 1. The van der Waals surface area contributed by atoms with Crippen molar-refractivity contribution in [1.29, 1.82) is 0 Å². The predicted octanol–water partition coefficient (Wildman–Crippen LogP) is 1.02. The average molecular weight is 396 g/mol. The second-order valence-corrected chi connectivity index (χ2v) is 8.77. The summed E-state index contributed by atoms with van der Waals surface area (Å²) < 4.78 is 36.9. The van der Waals surface area contributed by atoms with Crippen LogP contribution in [0, 0.1) is 0 Å². The first-order valence-corrected chi connectivity index (χ1v) is 10.7. The van der Waals surface area contributed by atoms with Crippen LogP contribution in [0.25, 0.3) is 0 Å². The van der Waals surface area contributed by atoms with E-state index in [-0.39, 0.29) is 18.2 Å². The number of anilines is 1. The van der Waals surface area contributed by atoms with Gasteiger partial charge in [0, 0.05) is 31.5 Å². The highest BCUT2D eigenvalue weighted by Crippen LogP contribution is 2.31. The number of Topliss-reactive ketones (excluding diaryl/α,β-unsaturated/α-hetero) is 1. The SMILES string of the molecule is CC(=O)c1cccc(N(CC(=O)N2CCC3(CC2)OCCO3)S(C)(=O)=O)c1. The van der Waals surface area contributed by atoms with Crippen LogP contribution in [0.1, 0.15) is 30.1 Å². The van der Waals surface area contributed by atoms with Crippen molar-refractivity contribution in [1.82, 2.24) is 4.90 Å². The van der Waals surface area contributed by atoms with Crippen molar-refractivity contribution in [2.45, 2.75) is 25.6 Å². The maximum Gasteiger partial charge on any atom is 0.243 e. The second kappa shape index (κ2) is 7.57. The van der Waals surface area contributed by atoms with Crippen molar-refractivity contribution < 1.29 is 27.5 Å². The number of carbonyl (C=O) groups is 2. The van der Waals surface area contributed by atoms with Crippen LogP contribution in [0.2, 0.25) is 0 Å². The van der Waals surface area contributed by atoms with E-state index in [1.165, 1.54) is 13.0 Å². The Labute approximate surface area is 159 Å². The molecular formula is C18H24N2O6S. The largest absolute Gasteiger partial charge is 0.347 e. The third-order valence-electron chi connectivity index (χ3n) is 4.91. The lowest BCUT2D eigenvalue weighted by Gasteiger charge is -2.38. The summed E-state index contributed by atoms with van der Waals surface area (Å²) in [7, 11) is -3.69. The lowest BCUT2D eigenvalue weighted by molar-refractivity contribution is -0.187. The van der Waals surface area contributed by atoms with Gasteiger partial charge < -0.3 is 14.4 Å². The van der Waals surface area contributed by atoms with Crippen LogP contribution in [-0.2, 0) is 24.3 Å². The van der Waals surface area contributed by atoms with Gasteiger partial charge in [-0.2, -0.15) is 0 Å². The van der Waals surface area contributed by atoms with E-state index in [4.69, 9.17) is 9.47 Å². The number of nitrogens with zero attached hydrogens (tertiary/aromatic N) is 2. The van der Waals surface area contributed by atoms with Crippen LogP contribution in [0.3, 0.4) is 0 Å². The molecule has 1 aromatic rings. The third-order valence-corrected chi connectivity index (χ3v) is 6.05. The molecule has 0 N–H and O–H groups in total. The van der Waals surface area contributed by atoms with Crippen molar-refractivity contribution in [3.8, 4) is 0 Å². The highest BCUT2D eigenvalue weighted by Gasteiger charge is 2.41. The minimum atomic E-state index is -3.69. The number of ether oxygens (including phenoxy) is 2. The number of hydrogen-bond donors (Lipinski definition) is 0. The molecule has 0 aliphatic carbocycles. The van der Waals surface area contributed by atoms with Crippen molar-refractivity contribution in [2.75, 3.05) is 43.4 Å². The molecule has 2 saturated heterocycles. The van der Waals surface area contributed by atoms with E-state index in [1.54, 1.807) is 23.1 Å². The maximum atomic E-state index is 12.7. The number of sulfonamides is 1. The van der Waals surface area contributed by atoms with Gasteiger partial charge in [-0.3, -0.25) is 13.9 Å². The summed E-state index contributed by atoms with van der Waals surface area (Å²) in [5.74, 6) is -1.06. The van der Waals surface area contributed by atoms with E-state index in [0.29, 0.717) is 50.4 Å². The summed E-state index contributed by atoms with van der Waals surface area (Å²) in [5.41, 5.74) is 0.693. The van der Waals surface area contributed by atoms with Crippen molar-refractivity contribution in [2.24, 2.45) is 0 Å². The van der Waals surface area contributed by atoms with Crippen LogP contribution in [0.15, 0.2) is 24.3 Å². The van der Waals surface area contributed by atoms with E-state index in [0.717, 1.165) is 10.6 Å². The van der Waals surface area contributed by atoms with Gasteiger partial charge in [0.25, 0.3) is 0 Å². The van der Waals surface area contributed by atoms with Gasteiger partial charge in [-0.1, -0.05) is 12.1 Å². The van der Waals surface area contributed by atoms with Crippen LogP contribution >= 0.6 is 0 Å². The molecule has 2 aliphatic rings. The minimum Gasteiger partial charge on any atom is -0.347 e. The van der Waals surface area contributed by atoms with E-state index in [2.05, 4.69) is 0 Å². The molecule has 2 aliphatic heterocycles. The quantitative estimate of drug-likeness (QED) is 0.690. The Balaban J connectivity index is 1.73. The summed E-state index contributed by atoms with van der Waals surface area (Å²) in [6.07, 6.45) is 2.18. The number of amides is 1. The molecule has 2 fully saturated rings. The molecule has 1 spiro atoms. The predicted molar refractivity (Wildman–Crippen MR) is 99.1 cm³/mol. The summed E-state index contributed by atoms with van der Waals surface area (Å²) in [6.45, 7) is 3.11.